The second-order valence-electron chi connectivity index (χ2n) is 6.52. The molecule has 2 aromatic carbocycles. The maximum absolute atomic E-state index is 11.5. The minimum atomic E-state index is -0.378. The smallest absolute Gasteiger partial charge is 0.248 e. The van der Waals surface area contributed by atoms with Crippen molar-refractivity contribution in [3.63, 3.8) is 0 Å². The highest BCUT2D eigenvalue weighted by Crippen LogP contribution is 2.19. The molecule has 0 aliphatic carbocycles. The molecule has 1 aromatic heterocycles. The minimum absolute atomic E-state index is 0.378. The molecule has 1 heterocycles. The molecule has 0 radical (unpaired) electrons. The molecule has 0 bridgehead atoms. The van der Waals surface area contributed by atoms with Crippen LogP contribution in [-0.2, 0) is 19.5 Å². The fourth-order valence-corrected chi connectivity index (χ4v) is 3.95. The van der Waals surface area contributed by atoms with Gasteiger partial charge < -0.3 is 5.73 Å². The highest BCUT2D eigenvalue weighted by Gasteiger charge is 2.10. The Morgan fingerprint density at radius 1 is 0.962 bits per heavy atom. The van der Waals surface area contributed by atoms with Gasteiger partial charge in [0, 0.05) is 35.0 Å². The minimum Gasteiger partial charge on any atom is -0.366 e. The number of carbonyl (C=O) groups excluding carboxylic acids is 1. The largest absolute Gasteiger partial charge is 0.366 e. The molecular formula is C22H24N2OS. The van der Waals surface area contributed by atoms with Gasteiger partial charge in [0.2, 0.25) is 5.91 Å². The van der Waals surface area contributed by atoms with Crippen molar-refractivity contribution in [1.29, 1.82) is 0 Å². The van der Waals surface area contributed by atoms with Crippen molar-refractivity contribution in [3.8, 4) is 0 Å². The van der Waals surface area contributed by atoms with Gasteiger partial charge in [-0.3, -0.25) is 9.69 Å². The van der Waals surface area contributed by atoms with Gasteiger partial charge in [0.25, 0.3) is 0 Å². The van der Waals surface area contributed by atoms with E-state index in [2.05, 4.69) is 54.3 Å². The first-order valence-electron chi connectivity index (χ1n) is 8.80. The number of benzene rings is 2. The maximum Gasteiger partial charge on any atom is 0.248 e. The summed E-state index contributed by atoms with van der Waals surface area (Å²) < 4.78 is 0. The molecule has 134 valence electrons. The fraction of sp³-hybridized carbons (Fsp3) is 0.227. The predicted octanol–water partition coefficient (Wildman–Crippen LogP) is 4.40. The normalized spacial score (nSPS) is 11.0. The lowest BCUT2D eigenvalue weighted by atomic mass is 10.1. The van der Waals surface area contributed by atoms with E-state index in [0.29, 0.717) is 5.56 Å². The third-order valence-corrected chi connectivity index (χ3v) is 5.34. The number of nitrogens with zero attached hydrogens (tertiary/aromatic N) is 1. The SMILES string of the molecule is Cc1ccc(CN(CCc2ccccc2)Cc2cccc(C(N)=O)c2)s1. The third-order valence-electron chi connectivity index (χ3n) is 4.35. The van der Waals surface area contributed by atoms with Crippen LogP contribution in [0.4, 0.5) is 0 Å². The molecule has 0 aliphatic heterocycles. The fourth-order valence-electron chi connectivity index (χ4n) is 3.02. The number of carbonyl (C=O) groups is 1. The van der Waals surface area contributed by atoms with Crippen LogP contribution in [0.25, 0.3) is 0 Å². The quantitative estimate of drug-likeness (QED) is 0.644. The molecule has 26 heavy (non-hydrogen) atoms. The van der Waals surface area contributed by atoms with Gasteiger partial charge in [-0.05, 0) is 48.7 Å². The number of thiophene rings is 1. The zero-order chi connectivity index (χ0) is 18.4. The van der Waals surface area contributed by atoms with Crippen molar-refractivity contribution in [3.05, 3.63) is 93.2 Å². The van der Waals surface area contributed by atoms with Gasteiger partial charge in [-0.1, -0.05) is 42.5 Å². The maximum atomic E-state index is 11.5. The lowest BCUT2D eigenvalue weighted by Gasteiger charge is -2.22. The Hall–Kier alpha value is -2.43. The summed E-state index contributed by atoms with van der Waals surface area (Å²) in [6.07, 6.45) is 1.00. The van der Waals surface area contributed by atoms with E-state index in [9.17, 15) is 4.79 Å². The molecule has 1 amide bonds. The highest BCUT2D eigenvalue weighted by molar-refractivity contribution is 7.11. The molecule has 4 heteroatoms. The Morgan fingerprint density at radius 3 is 2.42 bits per heavy atom. The summed E-state index contributed by atoms with van der Waals surface area (Å²) >= 11 is 1.84. The van der Waals surface area contributed by atoms with Gasteiger partial charge >= 0.3 is 0 Å². The molecule has 0 fully saturated rings. The van der Waals surface area contributed by atoms with Crippen LogP contribution in [0.5, 0.6) is 0 Å². The van der Waals surface area contributed by atoms with Gasteiger partial charge in [-0.15, -0.1) is 11.3 Å². The number of aryl methyl sites for hydroxylation is 1. The Kier molecular flexibility index (Phi) is 6.21. The first-order chi connectivity index (χ1) is 12.6. The molecule has 3 aromatic rings. The Bertz CT molecular complexity index is 857. The van der Waals surface area contributed by atoms with Crippen molar-refractivity contribution >= 4 is 17.2 Å². The average Bonchev–Trinajstić information content (AvgIpc) is 3.05. The summed E-state index contributed by atoms with van der Waals surface area (Å²) in [5.74, 6) is -0.378. The number of hydrogen-bond acceptors (Lipinski definition) is 3. The van der Waals surface area contributed by atoms with Gasteiger partial charge in [0.15, 0.2) is 0 Å². The molecular weight excluding hydrogens is 340 g/mol. The molecule has 0 saturated heterocycles. The van der Waals surface area contributed by atoms with Crippen LogP contribution in [0.3, 0.4) is 0 Å². The Balaban J connectivity index is 1.73. The van der Waals surface area contributed by atoms with Crippen LogP contribution in [0.2, 0.25) is 0 Å². The van der Waals surface area contributed by atoms with Crippen LogP contribution < -0.4 is 5.73 Å². The number of primary amides is 1. The average molecular weight is 365 g/mol. The van der Waals surface area contributed by atoms with E-state index in [1.54, 1.807) is 6.07 Å². The van der Waals surface area contributed by atoms with Crippen LogP contribution in [0, 0.1) is 6.92 Å². The van der Waals surface area contributed by atoms with E-state index in [1.165, 1.54) is 15.3 Å². The van der Waals surface area contributed by atoms with E-state index in [4.69, 9.17) is 5.73 Å². The predicted molar refractivity (Wildman–Crippen MR) is 108 cm³/mol. The van der Waals surface area contributed by atoms with E-state index in [0.717, 1.165) is 31.6 Å². The molecule has 0 unspecified atom stereocenters. The van der Waals surface area contributed by atoms with Crippen molar-refractivity contribution in [2.45, 2.75) is 26.4 Å². The van der Waals surface area contributed by atoms with Gasteiger partial charge in [0.05, 0.1) is 0 Å². The lowest BCUT2D eigenvalue weighted by Crippen LogP contribution is -2.25. The van der Waals surface area contributed by atoms with Crippen molar-refractivity contribution < 1.29 is 4.79 Å². The van der Waals surface area contributed by atoms with E-state index in [-0.39, 0.29) is 5.91 Å². The van der Waals surface area contributed by atoms with E-state index >= 15 is 0 Å². The monoisotopic (exact) mass is 364 g/mol. The summed E-state index contributed by atoms with van der Waals surface area (Å²) in [4.78, 5) is 16.6. The first-order valence-corrected chi connectivity index (χ1v) is 9.62. The summed E-state index contributed by atoms with van der Waals surface area (Å²) in [5, 5.41) is 0. The van der Waals surface area contributed by atoms with Crippen LogP contribution in [0.1, 0.15) is 31.2 Å². The summed E-state index contributed by atoms with van der Waals surface area (Å²) in [6.45, 7) is 4.80. The van der Waals surface area contributed by atoms with Crippen LogP contribution in [0.15, 0.2) is 66.7 Å². The van der Waals surface area contributed by atoms with Crippen molar-refractivity contribution in [2.75, 3.05) is 6.54 Å². The molecule has 0 spiro atoms. The van der Waals surface area contributed by atoms with Gasteiger partial charge in [-0.2, -0.15) is 0 Å². The van der Waals surface area contributed by atoms with E-state index in [1.807, 2.05) is 29.5 Å². The summed E-state index contributed by atoms with van der Waals surface area (Å²) in [5.41, 5.74) is 8.44. The van der Waals surface area contributed by atoms with Gasteiger partial charge in [0.1, 0.15) is 0 Å². The third kappa shape index (κ3) is 5.28. The number of amides is 1. The molecule has 0 atom stereocenters. The Labute approximate surface area is 159 Å². The van der Waals surface area contributed by atoms with Crippen molar-refractivity contribution in [2.24, 2.45) is 5.73 Å². The topological polar surface area (TPSA) is 46.3 Å². The van der Waals surface area contributed by atoms with Crippen LogP contribution >= 0.6 is 11.3 Å². The second-order valence-corrected chi connectivity index (χ2v) is 7.90. The Morgan fingerprint density at radius 2 is 1.73 bits per heavy atom. The van der Waals surface area contributed by atoms with E-state index < -0.39 is 0 Å². The number of rotatable bonds is 8. The molecule has 0 aliphatic rings. The summed E-state index contributed by atoms with van der Waals surface area (Å²) in [7, 11) is 0. The van der Waals surface area contributed by atoms with Crippen molar-refractivity contribution in [1.82, 2.24) is 4.90 Å². The van der Waals surface area contributed by atoms with Crippen LogP contribution in [-0.4, -0.2) is 17.4 Å². The van der Waals surface area contributed by atoms with Gasteiger partial charge in [-0.25, -0.2) is 0 Å². The number of hydrogen-bond donors (Lipinski definition) is 1. The molecule has 0 saturated carbocycles. The lowest BCUT2D eigenvalue weighted by molar-refractivity contribution is 0.1000. The second kappa shape index (κ2) is 8.79. The molecule has 2 N–H and O–H groups in total. The molecule has 3 rings (SSSR count). The zero-order valence-corrected chi connectivity index (χ0v) is 15.8. The summed E-state index contributed by atoms with van der Waals surface area (Å²) in [6, 6.07) is 22.5. The first kappa shape index (κ1) is 18.4. The zero-order valence-electron chi connectivity index (χ0n) is 15.0. The number of nitrogens with two attached hydrogens (primary N) is 1. The molecule has 3 nitrogen and oxygen atoms in total. The highest BCUT2D eigenvalue weighted by atomic mass is 32.1. The standard InChI is InChI=1S/C22H24N2OS/c1-17-10-11-21(26-17)16-24(13-12-18-6-3-2-4-7-18)15-19-8-5-9-20(14-19)22(23)25/h2-11,14H,12-13,15-16H2,1H3,(H2,23,25).